The van der Waals surface area contributed by atoms with Crippen LogP contribution in [0.1, 0.15) is 52.0 Å². The Morgan fingerprint density at radius 2 is 1.63 bits per heavy atom. The van der Waals surface area contributed by atoms with E-state index in [2.05, 4.69) is 5.32 Å². The predicted molar refractivity (Wildman–Crippen MR) is 106 cm³/mol. The van der Waals surface area contributed by atoms with E-state index in [-0.39, 0.29) is 49.1 Å². The summed E-state index contributed by atoms with van der Waals surface area (Å²) in [6.45, 7) is 1.39. The summed E-state index contributed by atoms with van der Waals surface area (Å²) in [5.41, 5.74) is 1.87. The van der Waals surface area contributed by atoms with Gasteiger partial charge in [0.1, 0.15) is 6.26 Å². The van der Waals surface area contributed by atoms with Gasteiger partial charge in [-0.05, 0) is 36.6 Å². The highest BCUT2D eigenvalue weighted by molar-refractivity contribution is 6.01. The fourth-order valence-electron chi connectivity index (χ4n) is 3.81. The quantitative estimate of drug-likeness (QED) is 0.761. The van der Waals surface area contributed by atoms with E-state index in [1.54, 1.807) is 35.2 Å². The Labute approximate surface area is 173 Å². The van der Waals surface area contributed by atoms with Gasteiger partial charge < -0.3 is 14.6 Å². The van der Waals surface area contributed by atoms with Crippen molar-refractivity contribution in [2.75, 3.05) is 13.1 Å². The highest BCUT2D eigenvalue weighted by Crippen LogP contribution is 2.17. The Morgan fingerprint density at radius 1 is 0.967 bits per heavy atom. The predicted octanol–water partition coefficient (Wildman–Crippen LogP) is 1.96. The van der Waals surface area contributed by atoms with Gasteiger partial charge in [-0.3, -0.25) is 24.1 Å². The van der Waals surface area contributed by atoms with E-state index < -0.39 is 0 Å². The molecule has 4 amide bonds. The summed E-state index contributed by atoms with van der Waals surface area (Å²) >= 11 is 0. The van der Waals surface area contributed by atoms with Crippen molar-refractivity contribution in [2.24, 2.45) is 0 Å². The van der Waals surface area contributed by atoms with Gasteiger partial charge in [0.15, 0.2) is 0 Å². The molecule has 1 aromatic carbocycles. The lowest BCUT2D eigenvalue weighted by Crippen LogP contribution is -2.46. The topological polar surface area (TPSA) is 99.9 Å². The van der Waals surface area contributed by atoms with Gasteiger partial charge in [0, 0.05) is 37.5 Å². The molecule has 0 atom stereocenters. The molecule has 0 spiro atoms. The molecule has 0 radical (unpaired) electrons. The van der Waals surface area contributed by atoms with E-state index in [1.165, 1.54) is 17.4 Å². The van der Waals surface area contributed by atoms with Crippen molar-refractivity contribution >= 4 is 23.6 Å². The van der Waals surface area contributed by atoms with E-state index in [4.69, 9.17) is 4.42 Å². The first kappa shape index (κ1) is 19.9. The van der Waals surface area contributed by atoms with Crippen LogP contribution < -0.4 is 5.32 Å². The van der Waals surface area contributed by atoms with E-state index in [0.29, 0.717) is 37.1 Å². The molecule has 30 heavy (non-hydrogen) atoms. The van der Waals surface area contributed by atoms with Crippen molar-refractivity contribution < 1.29 is 23.6 Å². The summed E-state index contributed by atoms with van der Waals surface area (Å²) < 4.78 is 4.96. The highest BCUT2D eigenvalue weighted by Gasteiger charge is 2.29. The van der Waals surface area contributed by atoms with Gasteiger partial charge in [0.2, 0.25) is 11.8 Å². The number of hydrogen-bond acceptors (Lipinski definition) is 5. The Bertz CT molecular complexity index is 928. The van der Waals surface area contributed by atoms with Crippen molar-refractivity contribution in [3.63, 3.8) is 0 Å². The zero-order valence-corrected chi connectivity index (χ0v) is 16.5. The first-order valence-electron chi connectivity index (χ1n) is 10.1. The lowest BCUT2D eigenvalue weighted by atomic mass is 10.0. The third-order valence-electron chi connectivity index (χ3n) is 5.60. The van der Waals surface area contributed by atoms with Crippen LogP contribution >= 0.6 is 0 Å². The van der Waals surface area contributed by atoms with Crippen LogP contribution in [0, 0.1) is 0 Å². The maximum atomic E-state index is 12.6. The molecule has 4 rings (SSSR count). The van der Waals surface area contributed by atoms with Crippen LogP contribution in [-0.2, 0) is 16.1 Å². The van der Waals surface area contributed by atoms with E-state index in [1.807, 2.05) is 0 Å². The maximum Gasteiger partial charge on any atom is 0.257 e. The third kappa shape index (κ3) is 4.27. The number of piperidine rings is 1. The van der Waals surface area contributed by atoms with Crippen LogP contribution in [0.3, 0.4) is 0 Å². The fraction of sp³-hybridized carbons (Fsp3) is 0.364. The molecule has 8 nitrogen and oxygen atoms in total. The standard InChI is InChI=1S/C22H23N3O5/c26-19-5-6-20(27)25(19)13-15-1-3-16(4-2-15)21(28)23-18-7-10-24(11-8-18)22(29)17-9-12-30-14-17/h1-4,9,12,14,18H,5-8,10-11,13H2,(H,23,28). The maximum absolute atomic E-state index is 12.6. The highest BCUT2D eigenvalue weighted by atomic mass is 16.3. The second-order valence-corrected chi connectivity index (χ2v) is 7.62. The minimum atomic E-state index is -0.172. The molecule has 2 fully saturated rings. The fourth-order valence-corrected chi connectivity index (χ4v) is 3.81. The summed E-state index contributed by atoms with van der Waals surface area (Å²) in [5, 5.41) is 3.02. The van der Waals surface area contributed by atoms with Crippen LogP contribution in [0.5, 0.6) is 0 Å². The number of amides is 4. The van der Waals surface area contributed by atoms with E-state index in [0.717, 1.165) is 5.56 Å². The molecule has 8 heteroatoms. The monoisotopic (exact) mass is 409 g/mol. The number of carbonyl (C=O) groups excluding carboxylic acids is 4. The molecule has 0 unspecified atom stereocenters. The zero-order chi connectivity index (χ0) is 21.1. The SMILES string of the molecule is O=C(NC1CCN(C(=O)c2ccoc2)CC1)c1ccc(CN2C(=O)CCC2=O)cc1. The van der Waals surface area contributed by atoms with Gasteiger partial charge >= 0.3 is 0 Å². The van der Waals surface area contributed by atoms with Crippen LogP contribution in [0.2, 0.25) is 0 Å². The summed E-state index contributed by atoms with van der Waals surface area (Å²) in [6.07, 6.45) is 4.83. The second kappa shape index (κ2) is 8.52. The third-order valence-corrected chi connectivity index (χ3v) is 5.60. The minimum absolute atomic E-state index is 0.00502. The number of likely N-dealkylation sites (tertiary alicyclic amines) is 2. The second-order valence-electron chi connectivity index (χ2n) is 7.62. The van der Waals surface area contributed by atoms with E-state index >= 15 is 0 Å². The number of imide groups is 1. The summed E-state index contributed by atoms with van der Waals surface area (Å²) in [6, 6.07) is 8.58. The van der Waals surface area contributed by atoms with Gasteiger partial charge in [-0.25, -0.2) is 0 Å². The molecule has 0 bridgehead atoms. The van der Waals surface area contributed by atoms with Crippen LogP contribution in [0.4, 0.5) is 0 Å². The number of rotatable bonds is 5. The smallest absolute Gasteiger partial charge is 0.257 e. The van der Waals surface area contributed by atoms with Crippen LogP contribution in [-0.4, -0.2) is 52.6 Å². The minimum Gasteiger partial charge on any atom is -0.472 e. The molecular weight excluding hydrogens is 386 g/mol. The van der Waals surface area contributed by atoms with Gasteiger partial charge in [0.05, 0.1) is 18.4 Å². The molecule has 2 aromatic rings. The van der Waals surface area contributed by atoms with Crippen molar-refractivity contribution in [1.82, 2.24) is 15.1 Å². The largest absolute Gasteiger partial charge is 0.472 e. The summed E-state index contributed by atoms with van der Waals surface area (Å²) in [5.74, 6) is -0.535. The first-order valence-corrected chi connectivity index (χ1v) is 10.1. The van der Waals surface area contributed by atoms with Crippen LogP contribution in [0.15, 0.2) is 47.3 Å². The Kier molecular flexibility index (Phi) is 5.65. The van der Waals surface area contributed by atoms with Crippen molar-refractivity contribution in [1.29, 1.82) is 0 Å². The molecule has 2 aliphatic heterocycles. The molecular formula is C22H23N3O5. The number of benzene rings is 1. The molecule has 0 saturated carbocycles. The van der Waals surface area contributed by atoms with Crippen molar-refractivity contribution in [3.8, 4) is 0 Å². The van der Waals surface area contributed by atoms with Gasteiger partial charge in [-0.1, -0.05) is 12.1 Å². The summed E-state index contributed by atoms with van der Waals surface area (Å²) in [7, 11) is 0. The van der Waals surface area contributed by atoms with Gasteiger partial charge in [-0.15, -0.1) is 0 Å². The normalized spacial score (nSPS) is 17.5. The molecule has 2 saturated heterocycles. The Morgan fingerprint density at radius 3 is 2.23 bits per heavy atom. The number of nitrogens with zero attached hydrogens (tertiary/aromatic N) is 2. The molecule has 1 aromatic heterocycles. The number of nitrogens with one attached hydrogen (secondary N) is 1. The Balaban J connectivity index is 1.28. The van der Waals surface area contributed by atoms with Crippen molar-refractivity contribution in [2.45, 2.75) is 38.3 Å². The molecule has 0 aliphatic carbocycles. The Hall–Kier alpha value is -3.42. The first-order chi connectivity index (χ1) is 14.5. The molecule has 2 aliphatic rings. The molecule has 1 N–H and O–H groups in total. The van der Waals surface area contributed by atoms with E-state index in [9.17, 15) is 19.2 Å². The molecule has 3 heterocycles. The lowest BCUT2D eigenvalue weighted by Gasteiger charge is -2.32. The average molecular weight is 409 g/mol. The lowest BCUT2D eigenvalue weighted by molar-refractivity contribution is -0.139. The van der Waals surface area contributed by atoms with Gasteiger partial charge in [-0.2, -0.15) is 0 Å². The number of hydrogen-bond donors (Lipinski definition) is 1. The molecule has 156 valence electrons. The summed E-state index contributed by atoms with van der Waals surface area (Å²) in [4.78, 5) is 51.4. The van der Waals surface area contributed by atoms with Crippen molar-refractivity contribution in [3.05, 3.63) is 59.5 Å². The van der Waals surface area contributed by atoms with Gasteiger partial charge in [0.25, 0.3) is 11.8 Å². The van der Waals surface area contributed by atoms with Crippen LogP contribution in [0.25, 0.3) is 0 Å². The number of carbonyl (C=O) groups is 4. The number of furan rings is 1. The zero-order valence-electron chi connectivity index (χ0n) is 16.5. The average Bonchev–Trinajstić information content (AvgIpc) is 3.40.